The van der Waals surface area contributed by atoms with Crippen molar-refractivity contribution in [2.45, 2.75) is 106 Å². The largest absolute Gasteiger partial charge is 0.394 e. The van der Waals surface area contributed by atoms with Gasteiger partial charge in [-0.2, -0.15) is 0 Å². The molecule has 18 nitrogen and oxygen atoms in total. The molecule has 3 saturated heterocycles. The SMILES string of the molecule is CC(=O)N[C@H]1[C@@H](O[C@H]2[C@@H](O)[C@@H](CO)O[C@@H](O[C@H]3[C@H](O)[C@@H](CO)OC(O)[C@@H]3NC(C)=O)[C@@H]2O)O[C@H](CO)[C@H](O)[C@@H]1O. The zero-order chi connectivity index (χ0) is 29.9. The van der Waals surface area contributed by atoms with Gasteiger partial charge in [0, 0.05) is 13.8 Å². The molecule has 18 heteroatoms. The van der Waals surface area contributed by atoms with E-state index in [0.717, 1.165) is 13.8 Å². The Hall–Kier alpha value is -1.62. The number of nitrogens with one attached hydrogen (secondary N) is 2. The van der Waals surface area contributed by atoms with Crippen molar-refractivity contribution in [2.24, 2.45) is 0 Å². The smallest absolute Gasteiger partial charge is 0.217 e. The van der Waals surface area contributed by atoms with Crippen LogP contribution in [0.5, 0.6) is 0 Å². The summed E-state index contributed by atoms with van der Waals surface area (Å²) in [5.41, 5.74) is 0. The van der Waals surface area contributed by atoms with Crippen molar-refractivity contribution in [2.75, 3.05) is 19.8 Å². The summed E-state index contributed by atoms with van der Waals surface area (Å²) in [6.45, 7) is -0.135. The second-order valence-electron chi connectivity index (χ2n) is 9.81. The van der Waals surface area contributed by atoms with Crippen molar-refractivity contribution < 1.29 is 79.2 Å². The maximum absolute atomic E-state index is 11.7. The van der Waals surface area contributed by atoms with E-state index in [1.807, 2.05) is 0 Å². The third-order valence-electron chi connectivity index (χ3n) is 6.90. The summed E-state index contributed by atoms with van der Waals surface area (Å²) in [7, 11) is 0. The van der Waals surface area contributed by atoms with Gasteiger partial charge >= 0.3 is 0 Å². The molecule has 1 unspecified atom stereocenters. The summed E-state index contributed by atoms with van der Waals surface area (Å²) in [5, 5.41) is 97.2. The van der Waals surface area contributed by atoms with Crippen molar-refractivity contribution >= 4 is 11.8 Å². The molecule has 232 valence electrons. The molecule has 0 spiro atoms. The Morgan fingerprint density at radius 2 is 1.05 bits per heavy atom. The quantitative estimate of drug-likeness (QED) is 0.120. The maximum Gasteiger partial charge on any atom is 0.217 e. The predicted octanol–water partition coefficient (Wildman–Crippen LogP) is -7.29. The van der Waals surface area contributed by atoms with Crippen molar-refractivity contribution in [3.8, 4) is 0 Å². The molecule has 0 aromatic rings. The molecule has 0 bridgehead atoms. The molecule has 0 aromatic carbocycles. The molecule has 40 heavy (non-hydrogen) atoms. The van der Waals surface area contributed by atoms with Crippen molar-refractivity contribution in [3.63, 3.8) is 0 Å². The number of hydrogen-bond acceptors (Lipinski definition) is 16. The van der Waals surface area contributed by atoms with E-state index in [2.05, 4.69) is 10.6 Å². The Kier molecular flexibility index (Phi) is 11.5. The number of rotatable bonds is 9. The van der Waals surface area contributed by atoms with Crippen LogP contribution in [0.25, 0.3) is 0 Å². The van der Waals surface area contributed by atoms with Gasteiger partial charge in [-0.15, -0.1) is 0 Å². The first kappa shape index (κ1) is 32.9. The highest BCUT2D eigenvalue weighted by Gasteiger charge is 2.54. The molecule has 11 N–H and O–H groups in total. The first-order valence-electron chi connectivity index (χ1n) is 12.6. The minimum Gasteiger partial charge on any atom is -0.394 e. The van der Waals surface area contributed by atoms with E-state index in [9.17, 15) is 55.5 Å². The third-order valence-corrected chi connectivity index (χ3v) is 6.90. The van der Waals surface area contributed by atoms with E-state index in [1.165, 1.54) is 0 Å². The van der Waals surface area contributed by atoms with Crippen LogP contribution in [-0.4, -0.2) is 170 Å². The van der Waals surface area contributed by atoms with E-state index in [1.54, 1.807) is 0 Å². The van der Waals surface area contributed by atoms with E-state index in [-0.39, 0.29) is 0 Å². The lowest BCUT2D eigenvalue weighted by molar-refractivity contribution is -0.365. The van der Waals surface area contributed by atoms with Crippen molar-refractivity contribution in [1.29, 1.82) is 0 Å². The first-order chi connectivity index (χ1) is 18.8. The number of aliphatic hydroxyl groups is 9. The standard InChI is InChI=1S/C22H38N2O16/c1-6(28)23-11-16(33)13(30)8(3-25)37-21(11)40-19-15(32)10(5-27)38-22(17(19)34)39-18-12(24-7(2)29)20(35)36-9(4-26)14(18)31/h8-22,25-27,30-35H,3-5H2,1-2H3,(H,23,28)(H,24,29)/t8-,9-,10-,11-,12-,13+,14-,15+,16-,17-,18-,19+,20?,21-,22+/m1/s1. The van der Waals surface area contributed by atoms with E-state index < -0.39 is 124 Å². The number of ether oxygens (including phenoxy) is 5. The zero-order valence-electron chi connectivity index (χ0n) is 21.7. The van der Waals surface area contributed by atoms with Crippen LogP contribution in [0.1, 0.15) is 13.8 Å². The molecule has 0 radical (unpaired) electrons. The molecular formula is C22H38N2O16. The summed E-state index contributed by atoms with van der Waals surface area (Å²) in [6.07, 6.45) is -21.5. The molecule has 3 rings (SSSR count). The van der Waals surface area contributed by atoms with Crippen LogP contribution < -0.4 is 10.6 Å². The van der Waals surface area contributed by atoms with Gasteiger partial charge < -0.3 is 80.3 Å². The zero-order valence-corrected chi connectivity index (χ0v) is 21.7. The van der Waals surface area contributed by atoms with Crippen molar-refractivity contribution in [3.05, 3.63) is 0 Å². The van der Waals surface area contributed by atoms with Gasteiger partial charge in [-0.25, -0.2) is 0 Å². The first-order valence-corrected chi connectivity index (χ1v) is 12.6. The van der Waals surface area contributed by atoms with Crippen LogP contribution in [0.15, 0.2) is 0 Å². The van der Waals surface area contributed by atoms with Crippen LogP contribution in [0.3, 0.4) is 0 Å². The average Bonchev–Trinajstić information content (AvgIpc) is 2.90. The topological polar surface area (TPSA) is 286 Å². The molecule has 0 aromatic heterocycles. The summed E-state index contributed by atoms with van der Waals surface area (Å²) in [5.74, 6) is -1.31. The summed E-state index contributed by atoms with van der Waals surface area (Å²) in [4.78, 5) is 23.4. The molecule has 3 fully saturated rings. The Morgan fingerprint density at radius 1 is 0.600 bits per heavy atom. The lowest BCUT2D eigenvalue weighted by Gasteiger charge is -2.49. The summed E-state index contributed by atoms with van der Waals surface area (Å²) < 4.78 is 27.5. The molecule has 3 aliphatic rings. The van der Waals surface area contributed by atoms with Gasteiger partial charge in [0.05, 0.1) is 19.8 Å². The number of carbonyl (C=O) groups excluding carboxylic acids is 2. The Morgan fingerprint density at radius 3 is 1.60 bits per heavy atom. The Balaban J connectivity index is 1.88. The van der Waals surface area contributed by atoms with Gasteiger partial charge in [-0.05, 0) is 0 Å². The number of amides is 2. The molecule has 3 heterocycles. The van der Waals surface area contributed by atoms with Crippen molar-refractivity contribution in [1.82, 2.24) is 10.6 Å². The lowest BCUT2D eigenvalue weighted by Crippen LogP contribution is -2.69. The predicted molar refractivity (Wildman–Crippen MR) is 124 cm³/mol. The normalized spacial score (nSPS) is 46.0. The highest BCUT2D eigenvalue weighted by Crippen LogP contribution is 2.32. The minimum atomic E-state index is -1.94. The van der Waals surface area contributed by atoms with Gasteiger partial charge in [0.15, 0.2) is 18.9 Å². The maximum atomic E-state index is 11.7. The monoisotopic (exact) mass is 586 g/mol. The second kappa shape index (κ2) is 14.0. The van der Waals surface area contributed by atoms with Crippen LogP contribution in [-0.2, 0) is 33.3 Å². The number of hydrogen-bond donors (Lipinski definition) is 11. The third kappa shape index (κ3) is 7.05. The summed E-state index contributed by atoms with van der Waals surface area (Å²) >= 11 is 0. The molecular weight excluding hydrogens is 548 g/mol. The average molecular weight is 587 g/mol. The lowest BCUT2D eigenvalue weighted by atomic mass is 9.94. The van der Waals surface area contributed by atoms with Gasteiger partial charge in [-0.3, -0.25) is 9.59 Å². The fourth-order valence-corrected chi connectivity index (χ4v) is 4.86. The van der Waals surface area contributed by atoms with Gasteiger partial charge in [0.2, 0.25) is 11.8 Å². The van der Waals surface area contributed by atoms with Crippen LogP contribution in [0.2, 0.25) is 0 Å². The van der Waals surface area contributed by atoms with E-state index in [4.69, 9.17) is 23.7 Å². The summed E-state index contributed by atoms with van der Waals surface area (Å²) in [6, 6.07) is -2.86. The molecule has 0 aliphatic carbocycles. The molecule has 15 atom stereocenters. The fourth-order valence-electron chi connectivity index (χ4n) is 4.86. The van der Waals surface area contributed by atoms with E-state index >= 15 is 0 Å². The Bertz CT molecular complexity index is 854. The molecule has 2 amide bonds. The number of aliphatic hydroxyl groups excluding tert-OH is 9. The molecule has 3 aliphatic heterocycles. The van der Waals surface area contributed by atoms with E-state index in [0.29, 0.717) is 0 Å². The van der Waals surface area contributed by atoms with Crippen LogP contribution >= 0.6 is 0 Å². The number of carbonyl (C=O) groups is 2. The molecule has 0 saturated carbocycles. The highest BCUT2D eigenvalue weighted by molar-refractivity contribution is 5.73. The van der Waals surface area contributed by atoms with Crippen LogP contribution in [0, 0.1) is 0 Å². The second-order valence-corrected chi connectivity index (χ2v) is 9.81. The van der Waals surface area contributed by atoms with Crippen LogP contribution in [0.4, 0.5) is 0 Å². The van der Waals surface area contributed by atoms with Gasteiger partial charge in [0.25, 0.3) is 0 Å². The fraction of sp³-hybridized carbons (Fsp3) is 0.909. The van der Waals surface area contributed by atoms with Gasteiger partial charge in [-0.1, -0.05) is 0 Å². The minimum absolute atomic E-state index is 0.650. The highest BCUT2D eigenvalue weighted by atomic mass is 16.7. The van der Waals surface area contributed by atoms with Gasteiger partial charge in [0.1, 0.15) is 73.1 Å². The Labute approximate surface area is 228 Å².